The van der Waals surface area contributed by atoms with Gasteiger partial charge in [-0.15, -0.1) is 0 Å². The van der Waals surface area contributed by atoms with E-state index in [0.29, 0.717) is 50.9 Å². The number of amides is 2. The van der Waals surface area contributed by atoms with Gasteiger partial charge in [0.15, 0.2) is 0 Å². The summed E-state index contributed by atoms with van der Waals surface area (Å²) >= 11 is 0. The number of nitrogens with zero attached hydrogens (tertiary/aromatic N) is 2. The predicted molar refractivity (Wildman–Crippen MR) is 147 cm³/mol. The van der Waals surface area contributed by atoms with Gasteiger partial charge in [0, 0.05) is 37.5 Å². The number of urea groups is 1. The molecule has 2 heterocycles. The normalized spacial score (nSPS) is 19.0. The van der Waals surface area contributed by atoms with Crippen LogP contribution in [0.1, 0.15) is 38.2 Å². The molecule has 40 heavy (non-hydrogen) atoms. The number of hydrogen-bond acceptors (Lipinski definition) is 7. The Morgan fingerprint density at radius 3 is 2.50 bits per heavy atom. The number of ether oxygens (including phenoxy) is 2. The van der Waals surface area contributed by atoms with Gasteiger partial charge in [-0.05, 0) is 67.5 Å². The minimum absolute atomic E-state index is 0.0251. The summed E-state index contributed by atoms with van der Waals surface area (Å²) in [5.74, 6) is -0.276. The molecule has 2 amide bonds. The third kappa shape index (κ3) is 9.24. The number of aliphatic hydroxyl groups is 2. The summed E-state index contributed by atoms with van der Waals surface area (Å²) in [5.41, 5.74) is 3.14. The van der Waals surface area contributed by atoms with Crippen LogP contribution in [0.5, 0.6) is 5.88 Å². The fraction of sp³-hybridized carbons (Fsp3) is 0.571. The number of carbonyl (C=O) groups excluding carboxylic acids is 1. The molecule has 2 aliphatic rings. The molecule has 1 aromatic heterocycles. The number of aryl methyl sites for hydroxylation is 1. The first kappa shape index (κ1) is 31.4. The van der Waals surface area contributed by atoms with Crippen molar-refractivity contribution in [1.82, 2.24) is 10.3 Å². The van der Waals surface area contributed by atoms with Crippen molar-refractivity contribution in [3.63, 3.8) is 0 Å². The molecule has 1 saturated heterocycles. The summed E-state index contributed by atoms with van der Waals surface area (Å²) in [5, 5.41) is 22.5. The molecule has 4 N–H and O–H groups in total. The van der Waals surface area contributed by atoms with E-state index < -0.39 is 24.2 Å². The zero-order chi connectivity index (χ0) is 29.1. The lowest BCUT2D eigenvalue weighted by Crippen LogP contribution is -2.37. The molecule has 2 fully saturated rings. The Balaban J connectivity index is 0.00000103. The van der Waals surface area contributed by atoms with Crippen molar-refractivity contribution >= 4 is 17.5 Å². The molecule has 2 unspecified atom stereocenters. The molecule has 0 radical (unpaired) electrons. The second-order valence-electron chi connectivity index (χ2n) is 9.82. The minimum Gasteiger partial charge on any atom is -0.475 e. The van der Waals surface area contributed by atoms with Crippen molar-refractivity contribution in [3.8, 4) is 17.0 Å². The third-order valence-corrected chi connectivity index (χ3v) is 6.73. The van der Waals surface area contributed by atoms with E-state index >= 15 is 0 Å². The molecule has 0 spiro atoms. The number of morpholine rings is 1. The number of pyridine rings is 1. The van der Waals surface area contributed by atoms with Crippen molar-refractivity contribution in [1.29, 1.82) is 0 Å². The molecule has 4 rings (SSSR count). The van der Waals surface area contributed by atoms with Crippen molar-refractivity contribution in [2.75, 3.05) is 56.3 Å². The molecular formula is C28H39F3N4O5. The van der Waals surface area contributed by atoms with E-state index in [9.17, 15) is 23.1 Å². The molecular weight excluding hydrogens is 529 g/mol. The number of hydrogen-bond donors (Lipinski definition) is 4. The van der Waals surface area contributed by atoms with Gasteiger partial charge in [-0.25, -0.2) is 4.79 Å². The Bertz CT molecular complexity index is 1090. The second-order valence-corrected chi connectivity index (χ2v) is 9.82. The van der Waals surface area contributed by atoms with Crippen molar-refractivity contribution in [3.05, 3.63) is 35.9 Å². The molecule has 2 atom stereocenters. The summed E-state index contributed by atoms with van der Waals surface area (Å²) in [6.07, 6.45) is -3.14. The monoisotopic (exact) mass is 568 g/mol. The van der Waals surface area contributed by atoms with Crippen molar-refractivity contribution < 1.29 is 37.7 Å². The van der Waals surface area contributed by atoms with Gasteiger partial charge in [-0.2, -0.15) is 18.2 Å². The maximum Gasteiger partial charge on any atom is 0.391 e. The van der Waals surface area contributed by atoms with Crippen LogP contribution < -0.4 is 20.3 Å². The molecule has 0 bridgehead atoms. The topological polar surface area (TPSA) is 116 Å². The zero-order valence-electron chi connectivity index (χ0n) is 23.0. The average molecular weight is 569 g/mol. The smallest absolute Gasteiger partial charge is 0.391 e. The zero-order valence-corrected chi connectivity index (χ0v) is 23.0. The minimum atomic E-state index is -4.23. The number of benzene rings is 1. The molecule has 1 saturated carbocycles. The molecule has 2 aromatic rings. The number of rotatable bonds is 8. The highest BCUT2D eigenvalue weighted by atomic mass is 19.4. The third-order valence-electron chi connectivity index (χ3n) is 6.73. The van der Waals surface area contributed by atoms with Crippen LogP contribution in [0, 0.1) is 12.8 Å². The average Bonchev–Trinajstić information content (AvgIpc) is 3.42. The molecule has 222 valence electrons. The van der Waals surface area contributed by atoms with Gasteiger partial charge in [0.1, 0.15) is 12.4 Å². The first-order valence-electron chi connectivity index (χ1n) is 13.6. The first-order valence-corrected chi connectivity index (χ1v) is 13.6. The fourth-order valence-corrected chi connectivity index (χ4v) is 4.60. The van der Waals surface area contributed by atoms with Gasteiger partial charge in [0.2, 0.25) is 5.88 Å². The Hall–Kier alpha value is -3.09. The summed E-state index contributed by atoms with van der Waals surface area (Å²) < 4.78 is 49.9. The lowest BCUT2D eigenvalue weighted by molar-refractivity contribution is -0.172. The van der Waals surface area contributed by atoms with Gasteiger partial charge in [-0.1, -0.05) is 13.0 Å². The standard InChI is InChI=1S/C25H31F3N4O4.C3H8O/c1-16-2-4-20(30-24(34)29-19-5-3-18(14-19)25(26,27)28)15-21(16)17-12-22(32-6-9-35-10-7-32)31-23(13-17)36-11-8-33;1-2-3-4/h2,4,12-13,15,18-19,33H,3,5-11,14H2,1H3,(H2,29,30,34);4H,2-3H2,1H3. The van der Waals surface area contributed by atoms with E-state index in [1.165, 1.54) is 0 Å². The Kier molecular flexibility index (Phi) is 11.8. The Morgan fingerprint density at radius 1 is 1.15 bits per heavy atom. The largest absolute Gasteiger partial charge is 0.475 e. The lowest BCUT2D eigenvalue weighted by Gasteiger charge is -2.28. The van der Waals surface area contributed by atoms with E-state index in [0.717, 1.165) is 28.9 Å². The Labute approximate surface area is 232 Å². The summed E-state index contributed by atoms with van der Waals surface area (Å²) in [7, 11) is 0. The van der Waals surface area contributed by atoms with E-state index in [1.54, 1.807) is 12.1 Å². The van der Waals surface area contributed by atoms with Crippen LogP contribution in [-0.2, 0) is 4.74 Å². The number of carbonyl (C=O) groups is 1. The summed E-state index contributed by atoms with van der Waals surface area (Å²) in [6.45, 7) is 6.72. The number of alkyl halides is 3. The van der Waals surface area contributed by atoms with Crippen LogP contribution in [0.25, 0.3) is 11.1 Å². The number of aromatic nitrogens is 1. The predicted octanol–water partition coefficient (Wildman–Crippen LogP) is 4.51. The van der Waals surface area contributed by atoms with Gasteiger partial charge in [0.25, 0.3) is 0 Å². The summed E-state index contributed by atoms with van der Waals surface area (Å²) in [4.78, 5) is 19.2. The van der Waals surface area contributed by atoms with Gasteiger partial charge in [-0.3, -0.25) is 0 Å². The van der Waals surface area contributed by atoms with Gasteiger partial charge >= 0.3 is 12.2 Å². The highest BCUT2D eigenvalue weighted by molar-refractivity contribution is 5.90. The van der Waals surface area contributed by atoms with E-state index in [4.69, 9.17) is 14.6 Å². The molecule has 1 aromatic carbocycles. The van der Waals surface area contributed by atoms with E-state index in [2.05, 4.69) is 20.5 Å². The molecule has 9 nitrogen and oxygen atoms in total. The number of halogens is 3. The van der Waals surface area contributed by atoms with Crippen LogP contribution in [-0.4, -0.2) is 79.6 Å². The second kappa shape index (κ2) is 15.1. The highest BCUT2D eigenvalue weighted by Crippen LogP contribution is 2.39. The summed E-state index contributed by atoms with van der Waals surface area (Å²) in [6, 6.07) is 8.11. The number of anilines is 2. The number of aliphatic hydroxyl groups excluding tert-OH is 2. The van der Waals surface area contributed by atoms with Crippen LogP contribution in [0.3, 0.4) is 0 Å². The van der Waals surface area contributed by atoms with Crippen molar-refractivity contribution in [2.45, 2.75) is 51.7 Å². The van der Waals surface area contributed by atoms with E-state index in [1.807, 2.05) is 32.0 Å². The van der Waals surface area contributed by atoms with Crippen LogP contribution in [0.4, 0.5) is 29.5 Å². The van der Waals surface area contributed by atoms with Crippen LogP contribution >= 0.6 is 0 Å². The SMILES string of the molecule is CCCO.Cc1ccc(NC(=O)NC2CCC(C(F)(F)F)C2)cc1-c1cc(OCCO)nc(N2CCOCC2)c1. The first-order chi connectivity index (χ1) is 19.1. The quantitative estimate of drug-likeness (QED) is 0.371. The van der Waals surface area contributed by atoms with E-state index in [-0.39, 0.29) is 26.1 Å². The van der Waals surface area contributed by atoms with Gasteiger partial charge < -0.3 is 35.2 Å². The molecule has 1 aliphatic carbocycles. The maximum atomic E-state index is 12.9. The lowest BCUT2D eigenvalue weighted by atomic mass is 10.0. The molecule has 12 heteroatoms. The number of nitrogens with one attached hydrogen (secondary N) is 2. The van der Waals surface area contributed by atoms with Gasteiger partial charge in [0.05, 0.1) is 25.7 Å². The van der Waals surface area contributed by atoms with Crippen molar-refractivity contribution in [2.24, 2.45) is 5.92 Å². The van der Waals surface area contributed by atoms with Crippen LogP contribution in [0.15, 0.2) is 30.3 Å². The highest BCUT2D eigenvalue weighted by Gasteiger charge is 2.44. The fourth-order valence-electron chi connectivity index (χ4n) is 4.60. The Morgan fingerprint density at radius 2 is 1.88 bits per heavy atom. The van der Waals surface area contributed by atoms with Crippen LogP contribution in [0.2, 0.25) is 0 Å². The maximum absolute atomic E-state index is 12.9. The molecule has 1 aliphatic heterocycles.